The molecule has 4 rings (SSSR count). The van der Waals surface area contributed by atoms with Gasteiger partial charge in [0.2, 0.25) is 5.91 Å². The molecule has 3 heterocycles. The van der Waals surface area contributed by atoms with Crippen LogP contribution in [0.3, 0.4) is 0 Å². The van der Waals surface area contributed by atoms with Gasteiger partial charge in [0.05, 0.1) is 12.0 Å². The number of carbonyl (C=O) groups excluding carboxylic acids is 1. The van der Waals surface area contributed by atoms with E-state index in [-0.39, 0.29) is 11.5 Å². The quantitative estimate of drug-likeness (QED) is 0.806. The van der Waals surface area contributed by atoms with Crippen molar-refractivity contribution in [3.05, 3.63) is 28.4 Å². The van der Waals surface area contributed by atoms with E-state index < -0.39 is 0 Å². The van der Waals surface area contributed by atoms with E-state index in [4.69, 9.17) is 0 Å². The van der Waals surface area contributed by atoms with E-state index >= 15 is 0 Å². The molecule has 142 valence electrons. The van der Waals surface area contributed by atoms with E-state index in [2.05, 4.69) is 9.88 Å². The maximum absolute atomic E-state index is 12.3. The van der Waals surface area contributed by atoms with E-state index in [0.29, 0.717) is 24.3 Å². The van der Waals surface area contributed by atoms with Crippen molar-refractivity contribution in [3.8, 4) is 0 Å². The maximum atomic E-state index is 12.3. The van der Waals surface area contributed by atoms with Crippen LogP contribution in [-0.4, -0.2) is 58.0 Å². The molecule has 0 N–H and O–H groups in total. The van der Waals surface area contributed by atoms with E-state index in [1.54, 1.807) is 17.0 Å². The Labute approximate surface area is 155 Å². The number of rotatable bonds is 5. The molecule has 6 heteroatoms. The molecule has 26 heavy (non-hydrogen) atoms. The van der Waals surface area contributed by atoms with Gasteiger partial charge in [-0.1, -0.05) is 0 Å². The van der Waals surface area contributed by atoms with Crippen molar-refractivity contribution in [2.75, 3.05) is 26.7 Å². The number of piperidine rings is 2. The van der Waals surface area contributed by atoms with Gasteiger partial charge in [0.1, 0.15) is 0 Å². The zero-order valence-electron chi connectivity index (χ0n) is 15.8. The Hall–Kier alpha value is -1.69. The van der Waals surface area contributed by atoms with Crippen LogP contribution in [0, 0.1) is 5.92 Å². The predicted octanol–water partition coefficient (Wildman–Crippen LogP) is 1.84. The fraction of sp³-hybridized carbons (Fsp3) is 0.750. The summed E-state index contributed by atoms with van der Waals surface area (Å²) >= 11 is 0. The highest BCUT2D eigenvalue weighted by Gasteiger charge is 2.29. The second-order valence-corrected chi connectivity index (χ2v) is 8.37. The van der Waals surface area contributed by atoms with Crippen molar-refractivity contribution in [3.63, 3.8) is 0 Å². The molecule has 2 saturated heterocycles. The fourth-order valence-corrected chi connectivity index (χ4v) is 4.38. The molecule has 1 unspecified atom stereocenters. The molecule has 1 saturated carbocycles. The highest BCUT2D eigenvalue weighted by molar-refractivity contribution is 5.76. The van der Waals surface area contributed by atoms with Gasteiger partial charge in [-0.05, 0) is 57.5 Å². The summed E-state index contributed by atoms with van der Waals surface area (Å²) < 4.78 is 1.79. The summed E-state index contributed by atoms with van der Waals surface area (Å²) in [6.07, 6.45) is 9.19. The zero-order chi connectivity index (χ0) is 18.1. The maximum Gasteiger partial charge on any atom is 0.253 e. The number of hydrogen-bond acceptors (Lipinski definition) is 4. The molecule has 0 aromatic carbocycles. The lowest BCUT2D eigenvalue weighted by molar-refractivity contribution is -0.135. The van der Waals surface area contributed by atoms with Gasteiger partial charge in [-0.25, -0.2) is 4.98 Å². The van der Waals surface area contributed by atoms with Crippen molar-refractivity contribution >= 4 is 5.91 Å². The van der Waals surface area contributed by atoms with Crippen molar-refractivity contribution < 1.29 is 4.79 Å². The van der Waals surface area contributed by atoms with Gasteiger partial charge in [0.25, 0.3) is 5.56 Å². The van der Waals surface area contributed by atoms with Crippen molar-refractivity contribution in [1.29, 1.82) is 0 Å². The van der Waals surface area contributed by atoms with Crippen LogP contribution in [0.25, 0.3) is 0 Å². The van der Waals surface area contributed by atoms with Gasteiger partial charge in [0, 0.05) is 44.6 Å². The summed E-state index contributed by atoms with van der Waals surface area (Å²) in [5.41, 5.74) is 1.08. The Morgan fingerprint density at radius 2 is 1.85 bits per heavy atom. The summed E-state index contributed by atoms with van der Waals surface area (Å²) in [6, 6.07) is 2.11. The molecule has 3 fully saturated rings. The molecule has 1 aliphatic carbocycles. The van der Waals surface area contributed by atoms with Gasteiger partial charge in [-0.3, -0.25) is 14.2 Å². The number of aromatic nitrogens is 2. The van der Waals surface area contributed by atoms with Gasteiger partial charge in [-0.15, -0.1) is 0 Å². The third-order valence-corrected chi connectivity index (χ3v) is 6.40. The Morgan fingerprint density at radius 3 is 2.54 bits per heavy atom. The molecular weight excluding hydrogens is 328 g/mol. The van der Waals surface area contributed by atoms with Crippen LogP contribution in [-0.2, 0) is 11.3 Å². The average Bonchev–Trinajstić information content (AvgIpc) is 3.47. The second-order valence-electron chi connectivity index (χ2n) is 8.37. The molecule has 1 amide bonds. The van der Waals surface area contributed by atoms with Crippen LogP contribution in [0.15, 0.2) is 17.2 Å². The minimum atomic E-state index is 0.103. The normalized spacial score (nSPS) is 25.7. The average molecular weight is 358 g/mol. The zero-order valence-corrected chi connectivity index (χ0v) is 15.8. The smallest absolute Gasteiger partial charge is 0.253 e. The summed E-state index contributed by atoms with van der Waals surface area (Å²) in [4.78, 5) is 33.1. The first kappa shape index (κ1) is 17.7. The van der Waals surface area contributed by atoms with E-state index in [9.17, 15) is 9.59 Å². The van der Waals surface area contributed by atoms with Crippen LogP contribution in [0.1, 0.15) is 56.6 Å². The Bertz CT molecular complexity index is 704. The fourth-order valence-electron chi connectivity index (χ4n) is 4.38. The van der Waals surface area contributed by atoms with Crippen molar-refractivity contribution in [2.24, 2.45) is 5.92 Å². The third kappa shape index (κ3) is 4.00. The van der Waals surface area contributed by atoms with Gasteiger partial charge in [0.15, 0.2) is 0 Å². The number of carbonyl (C=O) groups is 1. The summed E-state index contributed by atoms with van der Waals surface area (Å²) in [5.74, 6) is 1.37. The lowest BCUT2D eigenvalue weighted by Gasteiger charge is -2.39. The largest absolute Gasteiger partial charge is 0.341 e. The molecule has 1 aromatic heterocycles. The molecule has 0 spiro atoms. The molecule has 1 atom stereocenters. The number of hydrogen-bond donors (Lipinski definition) is 0. The van der Waals surface area contributed by atoms with Crippen LogP contribution in [0.4, 0.5) is 0 Å². The first-order valence-electron chi connectivity index (χ1n) is 10.1. The molecule has 1 aromatic rings. The summed E-state index contributed by atoms with van der Waals surface area (Å²) in [5, 5.41) is 0. The number of amides is 1. The van der Waals surface area contributed by atoms with Crippen LogP contribution in [0.2, 0.25) is 0 Å². The molecule has 2 aliphatic heterocycles. The Morgan fingerprint density at radius 1 is 1.08 bits per heavy atom. The summed E-state index contributed by atoms with van der Waals surface area (Å²) in [7, 11) is 1.95. The first-order valence-corrected chi connectivity index (χ1v) is 10.1. The van der Waals surface area contributed by atoms with Crippen LogP contribution >= 0.6 is 0 Å². The standard InChI is InChI=1S/C20H30N4O2/c1-22-17(3-2-4-19(22)25)13-23-9-7-15(8-10-23)12-24-14-21-18(11-20(24)26)16-5-6-16/h11,14-17H,2-10,12-13H2,1H3. The number of likely N-dealkylation sites (tertiary alicyclic amines) is 2. The molecular formula is C20H30N4O2. The van der Waals surface area contributed by atoms with Crippen LogP contribution in [0.5, 0.6) is 0 Å². The number of nitrogens with zero attached hydrogens (tertiary/aromatic N) is 4. The molecule has 3 aliphatic rings. The van der Waals surface area contributed by atoms with Crippen molar-refractivity contribution in [2.45, 2.75) is 63.5 Å². The van der Waals surface area contributed by atoms with Crippen LogP contribution < -0.4 is 5.56 Å². The molecule has 0 bridgehead atoms. The Kier molecular flexibility index (Phi) is 5.11. The minimum absolute atomic E-state index is 0.103. The Balaban J connectivity index is 1.27. The number of likely N-dealkylation sites (N-methyl/N-ethyl adjacent to an activating group) is 1. The van der Waals surface area contributed by atoms with E-state index in [0.717, 1.165) is 57.6 Å². The predicted molar refractivity (Wildman–Crippen MR) is 100 cm³/mol. The topological polar surface area (TPSA) is 58.4 Å². The first-order chi connectivity index (χ1) is 12.6. The lowest BCUT2D eigenvalue weighted by atomic mass is 9.95. The third-order valence-electron chi connectivity index (χ3n) is 6.40. The SMILES string of the molecule is CN1C(=O)CCCC1CN1CCC(Cn2cnc(C3CC3)cc2=O)CC1. The van der Waals surface area contributed by atoms with Gasteiger partial charge in [-0.2, -0.15) is 0 Å². The van der Waals surface area contributed by atoms with E-state index in [1.165, 1.54) is 12.8 Å². The molecule has 0 radical (unpaired) electrons. The lowest BCUT2D eigenvalue weighted by Crippen LogP contribution is -2.49. The molecule has 6 nitrogen and oxygen atoms in total. The van der Waals surface area contributed by atoms with Crippen molar-refractivity contribution in [1.82, 2.24) is 19.4 Å². The minimum Gasteiger partial charge on any atom is -0.341 e. The highest BCUT2D eigenvalue weighted by atomic mass is 16.2. The monoisotopic (exact) mass is 358 g/mol. The van der Waals surface area contributed by atoms with Gasteiger partial charge < -0.3 is 9.80 Å². The second kappa shape index (κ2) is 7.51. The van der Waals surface area contributed by atoms with E-state index in [1.807, 2.05) is 11.9 Å². The summed E-state index contributed by atoms with van der Waals surface area (Å²) in [6.45, 7) is 3.90. The van der Waals surface area contributed by atoms with Gasteiger partial charge >= 0.3 is 0 Å². The highest BCUT2D eigenvalue weighted by Crippen LogP contribution is 2.38.